The van der Waals surface area contributed by atoms with Crippen molar-refractivity contribution >= 4 is 11.6 Å². The van der Waals surface area contributed by atoms with Gasteiger partial charge in [0.15, 0.2) is 5.22 Å². The van der Waals surface area contributed by atoms with Crippen LogP contribution in [0.2, 0.25) is 5.22 Å². The first kappa shape index (κ1) is 12.1. The summed E-state index contributed by atoms with van der Waals surface area (Å²) in [6.45, 7) is 1.44. The Morgan fingerprint density at radius 3 is 2.53 bits per heavy atom. The van der Waals surface area contributed by atoms with Crippen LogP contribution in [0, 0.1) is 18.6 Å². The molecule has 0 fully saturated rings. The third-order valence-corrected chi connectivity index (χ3v) is 2.64. The van der Waals surface area contributed by atoms with Gasteiger partial charge in [-0.05, 0) is 48.4 Å². The second kappa shape index (κ2) is 4.47. The van der Waals surface area contributed by atoms with Crippen LogP contribution in [0.3, 0.4) is 0 Å². The highest BCUT2D eigenvalue weighted by atomic mass is 35.5. The van der Waals surface area contributed by atoms with E-state index in [1.807, 2.05) is 0 Å². The summed E-state index contributed by atoms with van der Waals surface area (Å²) in [6, 6.07) is 4.80. The zero-order valence-corrected chi connectivity index (χ0v) is 9.63. The minimum Gasteiger partial charge on any atom is -0.447 e. The molecule has 0 saturated heterocycles. The standard InChI is InChI=1S/C12H9ClF2O2/c1-6-4-9(15)7(5-8(6)14)12(16)10-2-3-11(13)17-10/h2-5,12,16H,1H3. The molecule has 1 atom stereocenters. The lowest BCUT2D eigenvalue weighted by atomic mass is 10.0. The minimum absolute atomic E-state index is 0.0668. The topological polar surface area (TPSA) is 33.4 Å². The lowest BCUT2D eigenvalue weighted by Crippen LogP contribution is -2.03. The predicted molar refractivity (Wildman–Crippen MR) is 58.9 cm³/mol. The van der Waals surface area contributed by atoms with Gasteiger partial charge in [-0.15, -0.1) is 0 Å². The largest absolute Gasteiger partial charge is 0.447 e. The van der Waals surface area contributed by atoms with E-state index in [4.69, 9.17) is 16.0 Å². The molecule has 0 saturated carbocycles. The van der Waals surface area contributed by atoms with Crippen molar-refractivity contribution in [2.24, 2.45) is 0 Å². The first-order valence-electron chi connectivity index (χ1n) is 4.88. The van der Waals surface area contributed by atoms with Gasteiger partial charge in [0.25, 0.3) is 0 Å². The van der Waals surface area contributed by atoms with E-state index in [0.717, 1.165) is 12.1 Å². The average molecular weight is 259 g/mol. The molecule has 0 radical (unpaired) electrons. The van der Waals surface area contributed by atoms with Gasteiger partial charge in [0.1, 0.15) is 23.5 Å². The fraction of sp³-hybridized carbons (Fsp3) is 0.167. The molecule has 2 nitrogen and oxygen atoms in total. The highest BCUT2D eigenvalue weighted by Crippen LogP contribution is 2.28. The van der Waals surface area contributed by atoms with Crippen molar-refractivity contribution in [1.29, 1.82) is 0 Å². The highest BCUT2D eigenvalue weighted by molar-refractivity contribution is 6.28. The van der Waals surface area contributed by atoms with Crippen molar-refractivity contribution in [3.8, 4) is 0 Å². The summed E-state index contributed by atoms with van der Waals surface area (Å²) in [4.78, 5) is 0. The number of furan rings is 1. The number of hydrogen-bond acceptors (Lipinski definition) is 2. The lowest BCUT2D eigenvalue weighted by molar-refractivity contribution is 0.184. The van der Waals surface area contributed by atoms with E-state index < -0.39 is 17.7 Å². The number of rotatable bonds is 2. The molecule has 2 rings (SSSR count). The summed E-state index contributed by atoms with van der Waals surface area (Å²) in [6.07, 6.45) is -1.38. The number of halogens is 3. The number of hydrogen-bond donors (Lipinski definition) is 1. The van der Waals surface area contributed by atoms with E-state index in [1.54, 1.807) is 0 Å². The van der Waals surface area contributed by atoms with Crippen molar-refractivity contribution in [2.45, 2.75) is 13.0 Å². The molecule has 1 heterocycles. The Balaban J connectivity index is 2.43. The molecule has 0 aliphatic carbocycles. The summed E-state index contributed by atoms with van der Waals surface area (Å²) >= 11 is 5.54. The summed E-state index contributed by atoms with van der Waals surface area (Å²) < 4.78 is 31.8. The van der Waals surface area contributed by atoms with Crippen LogP contribution < -0.4 is 0 Å². The molecule has 0 spiro atoms. The number of aliphatic hydroxyl groups excluding tert-OH is 1. The van der Waals surface area contributed by atoms with Crippen LogP contribution >= 0.6 is 11.6 Å². The molecule has 2 aromatic rings. The molecule has 1 aromatic heterocycles. The van der Waals surface area contributed by atoms with E-state index in [-0.39, 0.29) is 22.1 Å². The van der Waals surface area contributed by atoms with Crippen molar-refractivity contribution in [3.05, 3.63) is 58.0 Å². The molecule has 5 heteroatoms. The Labute approximate surface area is 101 Å². The minimum atomic E-state index is -1.38. The van der Waals surface area contributed by atoms with Gasteiger partial charge in [-0.25, -0.2) is 8.78 Å². The van der Waals surface area contributed by atoms with Gasteiger partial charge in [0, 0.05) is 5.56 Å². The highest BCUT2D eigenvalue weighted by Gasteiger charge is 2.20. The van der Waals surface area contributed by atoms with Crippen LogP contribution in [-0.4, -0.2) is 5.11 Å². The van der Waals surface area contributed by atoms with Gasteiger partial charge in [0.05, 0.1) is 0 Å². The van der Waals surface area contributed by atoms with Crippen LogP contribution in [0.15, 0.2) is 28.7 Å². The van der Waals surface area contributed by atoms with E-state index >= 15 is 0 Å². The van der Waals surface area contributed by atoms with Crippen LogP contribution in [0.25, 0.3) is 0 Å². The predicted octanol–water partition coefficient (Wildman–Crippen LogP) is 3.60. The number of aliphatic hydroxyl groups is 1. The molecule has 90 valence electrons. The third-order valence-electron chi connectivity index (χ3n) is 2.44. The second-order valence-corrected chi connectivity index (χ2v) is 4.04. The van der Waals surface area contributed by atoms with Gasteiger partial charge in [-0.3, -0.25) is 0 Å². The molecule has 17 heavy (non-hydrogen) atoms. The zero-order valence-electron chi connectivity index (χ0n) is 8.88. The summed E-state index contributed by atoms with van der Waals surface area (Å²) in [5, 5.41) is 9.92. The van der Waals surface area contributed by atoms with E-state index in [9.17, 15) is 13.9 Å². The van der Waals surface area contributed by atoms with Crippen molar-refractivity contribution in [3.63, 3.8) is 0 Å². The average Bonchev–Trinajstić information content (AvgIpc) is 2.69. The van der Waals surface area contributed by atoms with Crippen molar-refractivity contribution < 1.29 is 18.3 Å². The maximum absolute atomic E-state index is 13.6. The van der Waals surface area contributed by atoms with Crippen LogP contribution in [0.5, 0.6) is 0 Å². The van der Waals surface area contributed by atoms with Crippen LogP contribution in [0.4, 0.5) is 8.78 Å². The van der Waals surface area contributed by atoms with E-state index in [1.165, 1.54) is 19.1 Å². The molecule has 1 N–H and O–H groups in total. The first-order valence-corrected chi connectivity index (χ1v) is 5.25. The van der Waals surface area contributed by atoms with Gasteiger partial charge < -0.3 is 9.52 Å². The molecular weight excluding hydrogens is 250 g/mol. The fourth-order valence-corrected chi connectivity index (χ4v) is 1.65. The summed E-state index contributed by atoms with van der Waals surface area (Å²) in [7, 11) is 0. The van der Waals surface area contributed by atoms with Gasteiger partial charge in [-0.1, -0.05) is 0 Å². The molecule has 0 aliphatic rings. The van der Waals surface area contributed by atoms with Gasteiger partial charge >= 0.3 is 0 Å². The maximum Gasteiger partial charge on any atom is 0.193 e. The maximum atomic E-state index is 13.6. The monoisotopic (exact) mass is 258 g/mol. The quantitative estimate of drug-likeness (QED) is 0.893. The Morgan fingerprint density at radius 2 is 1.94 bits per heavy atom. The smallest absolute Gasteiger partial charge is 0.193 e. The van der Waals surface area contributed by atoms with Gasteiger partial charge in [0.2, 0.25) is 0 Å². The molecule has 1 unspecified atom stereocenters. The fourth-order valence-electron chi connectivity index (χ4n) is 1.50. The van der Waals surface area contributed by atoms with E-state index in [2.05, 4.69) is 0 Å². The summed E-state index contributed by atoms with van der Waals surface area (Å²) in [5.74, 6) is -1.21. The van der Waals surface area contributed by atoms with E-state index in [0.29, 0.717) is 0 Å². The Kier molecular flexibility index (Phi) is 3.17. The first-order chi connectivity index (χ1) is 7.99. The Hall–Kier alpha value is -1.39. The SMILES string of the molecule is Cc1cc(F)c(C(O)c2ccc(Cl)o2)cc1F. The van der Waals surface area contributed by atoms with Crippen LogP contribution in [-0.2, 0) is 0 Å². The molecule has 0 bridgehead atoms. The second-order valence-electron chi connectivity index (χ2n) is 3.67. The van der Waals surface area contributed by atoms with Gasteiger partial charge in [-0.2, -0.15) is 0 Å². The number of benzene rings is 1. The van der Waals surface area contributed by atoms with Crippen LogP contribution in [0.1, 0.15) is 23.0 Å². The molecule has 0 aliphatic heterocycles. The Bertz CT molecular complexity index is 551. The summed E-state index contributed by atoms with van der Waals surface area (Å²) in [5.41, 5.74) is -0.00459. The molecule has 1 aromatic carbocycles. The van der Waals surface area contributed by atoms with Crippen molar-refractivity contribution in [2.75, 3.05) is 0 Å². The lowest BCUT2D eigenvalue weighted by Gasteiger charge is -2.10. The normalized spacial score (nSPS) is 12.8. The molecular formula is C12H9ClF2O2. The number of aryl methyl sites for hydroxylation is 1. The molecule has 0 amide bonds. The zero-order chi connectivity index (χ0) is 12.6. The Morgan fingerprint density at radius 1 is 1.24 bits per heavy atom. The third kappa shape index (κ3) is 2.33. The van der Waals surface area contributed by atoms with Crippen molar-refractivity contribution in [1.82, 2.24) is 0 Å².